The second-order valence-corrected chi connectivity index (χ2v) is 9.26. The molecule has 0 amide bonds. The van der Waals surface area contributed by atoms with Crippen molar-refractivity contribution in [2.75, 3.05) is 18.1 Å². The summed E-state index contributed by atoms with van der Waals surface area (Å²) in [6, 6.07) is 0. The molecule has 0 aromatic carbocycles. The fraction of sp³-hybridized carbons (Fsp3) is 1.00. The van der Waals surface area contributed by atoms with E-state index < -0.39 is 5.60 Å². The molecule has 2 saturated heterocycles. The minimum atomic E-state index is -0.408. The number of rotatable bonds is 2. The lowest BCUT2D eigenvalue weighted by Crippen LogP contribution is -2.51. The second kappa shape index (κ2) is 6.41. The zero-order valence-corrected chi connectivity index (χ0v) is 14.6. The van der Waals surface area contributed by atoms with Crippen LogP contribution in [-0.2, 0) is 4.74 Å². The van der Waals surface area contributed by atoms with Gasteiger partial charge < -0.3 is 9.84 Å². The Morgan fingerprint density at radius 3 is 2.57 bits per heavy atom. The zero-order chi connectivity index (χ0) is 14.9. The lowest BCUT2D eigenvalue weighted by Gasteiger charge is -2.50. The molecule has 3 heteroatoms. The highest BCUT2D eigenvalue weighted by molar-refractivity contribution is 7.99. The zero-order valence-electron chi connectivity index (χ0n) is 13.8. The third-order valence-electron chi connectivity index (χ3n) is 6.40. The van der Waals surface area contributed by atoms with Gasteiger partial charge in [-0.3, -0.25) is 0 Å². The molecule has 1 spiro atoms. The maximum Gasteiger partial charge on any atom is 0.0702 e. The van der Waals surface area contributed by atoms with E-state index >= 15 is 0 Å². The molecule has 1 saturated carbocycles. The van der Waals surface area contributed by atoms with Gasteiger partial charge in [0.05, 0.1) is 11.2 Å². The molecule has 3 unspecified atom stereocenters. The van der Waals surface area contributed by atoms with Crippen LogP contribution in [0, 0.1) is 17.8 Å². The highest BCUT2D eigenvalue weighted by Gasteiger charge is 2.48. The summed E-state index contributed by atoms with van der Waals surface area (Å²) in [5.41, 5.74) is -0.302. The van der Waals surface area contributed by atoms with Gasteiger partial charge in [-0.15, -0.1) is 0 Å². The first-order valence-electron chi connectivity index (χ1n) is 8.97. The number of hydrogen-bond acceptors (Lipinski definition) is 3. The van der Waals surface area contributed by atoms with Crippen molar-refractivity contribution in [3.63, 3.8) is 0 Å². The first-order valence-corrected chi connectivity index (χ1v) is 10.1. The van der Waals surface area contributed by atoms with Gasteiger partial charge in [0.2, 0.25) is 0 Å². The Bertz CT molecular complexity index is 346. The Morgan fingerprint density at radius 2 is 1.86 bits per heavy atom. The molecule has 3 fully saturated rings. The fourth-order valence-electron chi connectivity index (χ4n) is 4.85. The number of thioether (sulfide) groups is 1. The van der Waals surface area contributed by atoms with Crippen LogP contribution >= 0.6 is 11.8 Å². The summed E-state index contributed by atoms with van der Waals surface area (Å²) < 4.78 is 6.22. The molecule has 0 aromatic heterocycles. The lowest BCUT2D eigenvalue weighted by atomic mass is 9.64. The minimum Gasteiger partial charge on any atom is -0.390 e. The Balaban J connectivity index is 1.69. The summed E-state index contributed by atoms with van der Waals surface area (Å²) in [5.74, 6) is 4.36. The normalized spacial score (nSPS) is 40.6. The third kappa shape index (κ3) is 3.45. The van der Waals surface area contributed by atoms with Crippen molar-refractivity contribution in [3.8, 4) is 0 Å². The van der Waals surface area contributed by atoms with Crippen molar-refractivity contribution in [1.29, 1.82) is 0 Å². The van der Waals surface area contributed by atoms with E-state index in [0.717, 1.165) is 32.3 Å². The van der Waals surface area contributed by atoms with Crippen LogP contribution in [0.1, 0.15) is 65.2 Å². The molecule has 2 nitrogen and oxygen atoms in total. The molecule has 0 bridgehead atoms. The Labute approximate surface area is 134 Å². The van der Waals surface area contributed by atoms with Gasteiger partial charge in [-0.1, -0.05) is 20.3 Å². The number of aliphatic hydroxyl groups is 1. The fourth-order valence-corrected chi connectivity index (χ4v) is 6.08. The second-order valence-electron chi connectivity index (χ2n) is 8.04. The molecule has 21 heavy (non-hydrogen) atoms. The van der Waals surface area contributed by atoms with E-state index in [4.69, 9.17) is 4.74 Å². The van der Waals surface area contributed by atoms with Crippen LogP contribution in [0.5, 0.6) is 0 Å². The van der Waals surface area contributed by atoms with Gasteiger partial charge >= 0.3 is 0 Å². The van der Waals surface area contributed by atoms with E-state index in [1.165, 1.54) is 37.2 Å². The van der Waals surface area contributed by atoms with Crippen molar-refractivity contribution in [1.82, 2.24) is 0 Å². The summed E-state index contributed by atoms with van der Waals surface area (Å²) in [7, 11) is 0. The van der Waals surface area contributed by atoms with Crippen molar-refractivity contribution in [2.45, 2.75) is 76.4 Å². The molecule has 122 valence electrons. The summed E-state index contributed by atoms with van der Waals surface area (Å²) in [6.07, 6.45) is 9.12. The van der Waals surface area contributed by atoms with E-state index in [1.54, 1.807) is 0 Å². The molecule has 3 atom stereocenters. The first-order chi connectivity index (χ1) is 10.0. The Kier molecular flexibility index (Phi) is 4.93. The van der Waals surface area contributed by atoms with Crippen molar-refractivity contribution in [2.24, 2.45) is 17.8 Å². The third-order valence-corrected chi connectivity index (χ3v) is 7.39. The summed E-state index contributed by atoms with van der Waals surface area (Å²) >= 11 is 2.06. The molecule has 0 aromatic rings. The van der Waals surface area contributed by atoms with Gasteiger partial charge in [0.25, 0.3) is 0 Å². The summed E-state index contributed by atoms with van der Waals surface area (Å²) in [5, 5.41) is 11.4. The van der Waals surface area contributed by atoms with Crippen LogP contribution < -0.4 is 0 Å². The largest absolute Gasteiger partial charge is 0.390 e. The molecular weight excluding hydrogens is 280 g/mol. The molecular formula is C18H32O2S. The predicted molar refractivity (Wildman–Crippen MR) is 89.7 cm³/mol. The van der Waals surface area contributed by atoms with E-state index in [2.05, 4.69) is 25.6 Å². The standard InChI is InChI=1S/C18H32O2S/c1-14(2)15-4-3-6-18(19,12-15)16-5-9-20-17(13-16)7-10-21-11-8-17/h14-16,19H,3-13H2,1-2H3. The van der Waals surface area contributed by atoms with E-state index in [1.807, 2.05) is 0 Å². The number of hydrogen-bond donors (Lipinski definition) is 1. The summed E-state index contributed by atoms with van der Waals surface area (Å²) in [6.45, 7) is 5.50. The smallest absolute Gasteiger partial charge is 0.0702 e. The predicted octanol–water partition coefficient (Wildman–Crippen LogP) is 4.26. The van der Waals surface area contributed by atoms with E-state index in [-0.39, 0.29) is 5.60 Å². The van der Waals surface area contributed by atoms with Crippen LogP contribution in [0.25, 0.3) is 0 Å². The van der Waals surface area contributed by atoms with Crippen molar-refractivity contribution in [3.05, 3.63) is 0 Å². The van der Waals surface area contributed by atoms with Crippen molar-refractivity contribution >= 4 is 11.8 Å². The average Bonchev–Trinajstić information content (AvgIpc) is 2.48. The van der Waals surface area contributed by atoms with Crippen LogP contribution in [0.3, 0.4) is 0 Å². The van der Waals surface area contributed by atoms with Crippen LogP contribution in [0.4, 0.5) is 0 Å². The highest BCUT2D eigenvalue weighted by atomic mass is 32.2. The Morgan fingerprint density at radius 1 is 1.10 bits per heavy atom. The van der Waals surface area contributed by atoms with Gasteiger partial charge in [0, 0.05) is 6.61 Å². The van der Waals surface area contributed by atoms with Crippen LogP contribution in [-0.4, -0.2) is 34.4 Å². The SMILES string of the molecule is CC(C)C1CCCC(O)(C2CCOC3(CCSCC3)C2)C1. The van der Waals surface area contributed by atoms with Gasteiger partial charge in [-0.25, -0.2) is 0 Å². The van der Waals surface area contributed by atoms with Gasteiger partial charge in [0.15, 0.2) is 0 Å². The maximum absolute atomic E-state index is 11.4. The minimum absolute atomic E-state index is 0.106. The first kappa shape index (κ1) is 16.1. The molecule has 2 aliphatic heterocycles. The van der Waals surface area contributed by atoms with Crippen molar-refractivity contribution < 1.29 is 9.84 Å². The lowest BCUT2D eigenvalue weighted by molar-refractivity contribution is -0.160. The molecule has 2 heterocycles. The van der Waals surface area contributed by atoms with Gasteiger partial charge in [-0.05, 0) is 74.2 Å². The van der Waals surface area contributed by atoms with Gasteiger partial charge in [-0.2, -0.15) is 11.8 Å². The number of ether oxygens (including phenoxy) is 1. The molecule has 1 N–H and O–H groups in total. The maximum atomic E-state index is 11.4. The van der Waals surface area contributed by atoms with E-state index in [9.17, 15) is 5.11 Å². The quantitative estimate of drug-likeness (QED) is 0.826. The van der Waals surface area contributed by atoms with Crippen LogP contribution in [0.2, 0.25) is 0 Å². The average molecular weight is 313 g/mol. The monoisotopic (exact) mass is 312 g/mol. The highest BCUT2D eigenvalue weighted by Crippen LogP contribution is 2.48. The Hall–Kier alpha value is 0.270. The molecule has 3 rings (SSSR count). The van der Waals surface area contributed by atoms with Crippen LogP contribution in [0.15, 0.2) is 0 Å². The molecule has 1 aliphatic carbocycles. The molecule has 3 aliphatic rings. The molecule has 0 radical (unpaired) electrons. The van der Waals surface area contributed by atoms with E-state index in [0.29, 0.717) is 17.8 Å². The summed E-state index contributed by atoms with van der Waals surface area (Å²) in [4.78, 5) is 0. The topological polar surface area (TPSA) is 29.5 Å². The van der Waals surface area contributed by atoms with Gasteiger partial charge in [0.1, 0.15) is 0 Å².